The first-order chi connectivity index (χ1) is 14.3. The van der Waals surface area contributed by atoms with E-state index in [0.29, 0.717) is 18.8 Å². The van der Waals surface area contributed by atoms with Gasteiger partial charge in [0.25, 0.3) is 0 Å². The molecular weight excluding hydrogens is 433 g/mol. The number of hydrogen-bond acceptors (Lipinski definition) is 5. The van der Waals surface area contributed by atoms with Gasteiger partial charge in [0.2, 0.25) is 15.9 Å². The molecule has 1 fully saturated rings. The zero-order chi connectivity index (χ0) is 21.7. The van der Waals surface area contributed by atoms with E-state index in [9.17, 15) is 17.6 Å². The Kier molecular flexibility index (Phi) is 7.17. The summed E-state index contributed by atoms with van der Waals surface area (Å²) in [6, 6.07) is 8.40. The number of nitrogens with zero attached hydrogens (tertiary/aromatic N) is 1. The van der Waals surface area contributed by atoms with Crippen molar-refractivity contribution in [3.8, 4) is 5.75 Å². The van der Waals surface area contributed by atoms with E-state index in [1.807, 2.05) is 0 Å². The molecule has 1 amide bonds. The van der Waals surface area contributed by atoms with Crippen LogP contribution in [0.3, 0.4) is 0 Å². The van der Waals surface area contributed by atoms with Crippen molar-refractivity contribution in [2.24, 2.45) is 0 Å². The zero-order valence-electron chi connectivity index (χ0n) is 16.5. The normalized spacial score (nSPS) is 14.9. The molecule has 0 unspecified atom stereocenters. The number of halogens is 2. The second-order valence-corrected chi connectivity index (χ2v) is 9.23. The molecule has 0 atom stereocenters. The van der Waals surface area contributed by atoms with Gasteiger partial charge in [0, 0.05) is 18.1 Å². The number of piperidine rings is 1. The van der Waals surface area contributed by atoms with Crippen LogP contribution >= 0.6 is 11.6 Å². The molecule has 0 spiro atoms. The minimum Gasteiger partial charge on any atom is -0.495 e. The average molecular weight is 456 g/mol. The maximum atomic E-state index is 13.8. The lowest BCUT2D eigenvalue weighted by Gasteiger charge is -2.26. The molecule has 3 rings (SSSR count). The summed E-state index contributed by atoms with van der Waals surface area (Å²) in [6.45, 7) is 0.726. The molecule has 1 aliphatic rings. The first-order valence-corrected chi connectivity index (χ1v) is 11.3. The highest BCUT2D eigenvalue weighted by atomic mass is 35.5. The quantitative estimate of drug-likeness (QED) is 0.664. The Labute approximate surface area is 180 Å². The SMILES string of the molecule is COc1ccc(S(=O)(=O)N2CCCCC2)cc1NC(=O)CNc1ccc(Cl)cc1F. The predicted molar refractivity (Wildman–Crippen MR) is 114 cm³/mol. The second kappa shape index (κ2) is 9.63. The lowest BCUT2D eigenvalue weighted by Crippen LogP contribution is -2.35. The number of rotatable bonds is 7. The van der Waals surface area contributed by atoms with Gasteiger partial charge in [-0.2, -0.15) is 4.31 Å². The smallest absolute Gasteiger partial charge is 0.243 e. The zero-order valence-corrected chi connectivity index (χ0v) is 18.0. The van der Waals surface area contributed by atoms with Crippen molar-refractivity contribution < 1.29 is 22.3 Å². The van der Waals surface area contributed by atoms with Crippen LogP contribution in [0.4, 0.5) is 15.8 Å². The Morgan fingerprint density at radius 2 is 1.87 bits per heavy atom. The molecule has 30 heavy (non-hydrogen) atoms. The number of ether oxygens (including phenoxy) is 1. The number of nitrogens with one attached hydrogen (secondary N) is 2. The number of methoxy groups -OCH3 is 1. The summed E-state index contributed by atoms with van der Waals surface area (Å²) in [5, 5.41) is 5.55. The predicted octanol–water partition coefficient (Wildman–Crippen LogP) is 3.71. The molecule has 1 aliphatic heterocycles. The first-order valence-electron chi connectivity index (χ1n) is 9.48. The summed E-state index contributed by atoms with van der Waals surface area (Å²) in [6.07, 6.45) is 2.66. The van der Waals surface area contributed by atoms with Crippen molar-refractivity contribution in [2.45, 2.75) is 24.2 Å². The molecule has 1 heterocycles. The minimum atomic E-state index is -3.66. The summed E-state index contributed by atoms with van der Waals surface area (Å²) >= 11 is 5.71. The molecule has 2 aromatic rings. The van der Waals surface area contributed by atoms with E-state index in [4.69, 9.17) is 16.3 Å². The van der Waals surface area contributed by atoms with E-state index in [-0.39, 0.29) is 27.8 Å². The maximum absolute atomic E-state index is 13.8. The van der Waals surface area contributed by atoms with Gasteiger partial charge in [0.1, 0.15) is 11.6 Å². The van der Waals surface area contributed by atoms with Crippen molar-refractivity contribution in [2.75, 3.05) is 37.4 Å². The third-order valence-electron chi connectivity index (χ3n) is 4.77. The highest BCUT2D eigenvalue weighted by Crippen LogP contribution is 2.30. The molecule has 0 saturated carbocycles. The molecule has 10 heteroatoms. The first kappa shape index (κ1) is 22.3. The minimum absolute atomic E-state index is 0.0807. The Morgan fingerprint density at radius 3 is 2.53 bits per heavy atom. The van der Waals surface area contributed by atoms with Crippen LogP contribution in [0.1, 0.15) is 19.3 Å². The summed E-state index contributed by atoms with van der Waals surface area (Å²) in [5.41, 5.74) is 0.349. The Hall–Kier alpha value is -2.36. The highest BCUT2D eigenvalue weighted by molar-refractivity contribution is 7.89. The van der Waals surface area contributed by atoms with Crippen LogP contribution in [-0.4, -0.2) is 45.4 Å². The van der Waals surface area contributed by atoms with Gasteiger partial charge in [0.05, 0.1) is 29.9 Å². The standard InChI is InChI=1S/C20H23ClFN3O4S/c1-29-19-8-6-15(30(27,28)25-9-3-2-4-10-25)12-18(19)24-20(26)13-23-17-7-5-14(21)11-16(17)22/h5-8,11-12,23H,2-4,9-10,13H2,1H3,(H,24,26). The number of sulfonamides is 1. The van der Waals surface area contributed by atoms with E-state index in [1.54, 1.807) is 0 Å². The fourth-order valence-electron chi connectivity index (χ4n) is 3.20. The third kappa shape index (κ3) is 5.21. The number of anilines is 2. The monoisotopic (exact) mass is 455 g/mol. The van der Waals surface area contributed by atoms with Crippen LogP contribution in [0, 0.1) is 5.82 Å². The fraction of sp³-hybridized carbons (Fsp3) is 0.350. The number of carbonyl (C=O) groups excluding carboxylic acids is 1. The summed E-state index contributed by atoms with van der Waals surface area (Å²) in [7, 11) is -2.24. The van der Waals surface area contributed by atoms with Crippen LogP contribution in [0.2, 0.25) is 5.02 Å². The van der Waals surface area contributed by atoms with E-state index in [0.717, 1.165) is 25.3 Å². The molecule has 7 nitrogen and oxygen atoms in total. The molecule has 0 radical (unpaired) electrons. The lowest BCUT2D eigenvalue weighted by molar-refractivity contribution is -0.114. The van der Waals surface area contributed by atoms with Crippen LogP contribution in [0.5, 0.6) is 5.75 Å². The summed E-state index contributed by atoms with van der Waals surface area (Å²) < 4.78 is 46.3. The van der Waals surface area contributed by atoms with Gasteiger partial charge >= 0.3 is 0 Å². The van der Waals surface area contributed by atoms with Gasteiger partial charge in [-0.3, -0.25) is 4.79 Å². The molecule has 0 bridgehead atoms. The van der Waals surface area contributed by atoms with E-state index < -0.39 is 21.7 Å². The van der Waals surface area contributed by atoms with Gasteiger partial charge in [-0.1, -0.05) is 18.0 Å². The largest absolute Gasteiger partial charge is 0.495 e. The van der Waals surface area contributed by atoms with Crippen LogP contribution in [0.15, 0.2) is 41.3 Å². The van der Waals surface area contributed by atoms with Crippen molar-refractivity contribution in [1.82, 2.24) is 4.31 Å². The van der Waals surface area contributed by atoms with Gasteiger partial charge in [-0.15, -0.1) is 0 Å². The van der Waals surface area contributed by atoms with Gasteiger partial charge in [-0.05, 0) is 49.2 Å². The third-order valence-corrected chi connectivity index (χ3v) is 6.90. The fourth-order valence-corrected chi connectivity index (χ4v) is 4.90. The molecular formula is C20H23ClFN3O4S. The molecule has 162 valence electrons. The maximum Gasteiger partial charge on any atom is 0.243 e. The Bertz CT molecular complexity index is 1030. The molecule has 1 saturated heterocycles. The number of benzene rings is 2. The molecule has 2 aromatic carbocycles. The van der Waals surface area contributed by atoms with Crippen molar-refractivity contribution in [1.29, 1.82) is 0 Å². The van der Waals surface area contributed by atoms with Gasteiger partial charge in [0.15, 0.2) is 0 Å². The molecule has 2 N–H and O–H groups in total. The van der Waals surface area contributed by atoms with Crippen molar-refractivity contribution in [3.05, 3.63) is 47.2 Å². The average Bonchev–Trinajstić information content (AvgIpc) is 2.73. The number of hydrogen-bond donors (Lipinski definition) is 2. The van der Waals surface area contributed by atoms with Crippen LogP contribution in [0.25, 0.3) is 0 Å². The Balaban J connectivity index is 1.74. The second-order valence-electron chi connectivity index (χ2n) is 6.85. The van der Waals surface area contributed by atoms with Gasteiger partial charge in [-0.25, -0.2) is 12.8 Å². The summed E-state index contributed by atoms with van der Waals surface area (Å²) in [5.74, 6) is -0.753. The van der Waals surface area contributed by atoms with Crippen molar-refractivity contribution >= 4 is 38.9 Å². The highest BCUT2D eigenvalue weighted by Gasteiger charge is 2.27. The van der Waals surface area contributed by atoms with Crippen LogP contribution < -0.4 is 15.4 Å². The van der Waals surface area contributed by atoms with E-state index >= 15 is 0 Å². The topological polar surface area (TPSA) is 87.7 Å². The molecule has 0 aromatic heterocycles. The van der Waals surface area contributed by atoms with E-state index in [2.05, 4.69) is 10.6 Å². The van der Waals surface area contributed by atoms with Crippen molar-refractivity contribution in [3.63, 3.8) is 0 Å². The number of carbonyl (C=O) groups is 1. The van der Waals surface area contributed by atoms with E-state index in [1.165, 1.54) is 41.7 Å². The lowest BCUT2D eigenvalue weighted by atomic mass is 10.2. The van der Waals surface area contributed by atoms with Gasteiger partial charge < -0.3 is 15.4 Å². The Morgan fingerprint density at radius 1 is 1.13 bits per heavy atom. The number of amides is 1. The summed E-state index contributed by atoms with van der Waals surface area (Å²) in [4.78, 5) is 12.4. The van der Waals surface area contributed by atoms with Crippen LogP contribution in [-0.2, 0) is 14.8 Å². The molecule has 0 aliphatic carbocycles.